The van der Waals surface area contributed by atoms with Crippen LogP contribution in [0, 0.1) is 18.3 Å². The van der Waals surface area contributed by atoms with E-state index in [0.29, 0.717) is 10.8 Å². The molecule has 0 radical (unpaired) electrons. The maximum atomic E-state index is 8.57. The van der Waals surface area contributed by atoms with Gasteiger partial charge in [0.05, 0.1) is 18.3 Å². The average Bonchev–Trinajstić information content (AvgIpc) is 2.10. The third-order valence-corrected chi connectivity index (χ3v) is 2.01. The molecule has 0 saturated heterocycles. The van der Waals surface area contributed by atoms with E-state index >= 15 is 0 Å². The molecular formula is C8H7ClN2O. The number of methoxy groups -OCH3 is 1. The normalized spacial score (nSPS) is 9.17. The number of hydrogen-bond donors (Lipinski definition) is 0. The van der Waals surface area contributed by atoms with Crippen LogP contribution in [0.4, 0.5) is 0 Å². The number of nitrogens with zero attached hydrogens (tertiary/aromatic N) is 2. The van der Waals surface area contributed by atoms with E-state index in [9.17, 15) is 0 Å². The van der Waals surface area contributed by atoms with Crippen molar-refractivity contribution in [2.24, 2.45) is 0 Å². The molecule has 0 spiro atoms. The Morgan fingerprint density at radius 2 is 2.33 bits per heavy atom. The van der Waals surface area contributed by atoms with Gasteiger partial charge in [-0.3, -0.25) is 0 Å². The van der Waals surface area contributed by atoms with Gasteiger partial charge in [0, 0.05) is 5.56 Å². The molecule has 62 valence electrons. The van der Waals surface area contributed by atoms with E-state index < -0.39 is 0 Å². The Labute approximate surface area is 75.6 Å². The highest BCUT2D eigenvalue weighted by Crippen LogP contribution is 2.26. The van der Waals surface area contributed by atoms with Gasteiger partial charge in [0.25, 0.3) is 0 Å². The summed E-state index contributed by atoms with van der Waals surface area (Å²) in [4.78, 5) is 3.81. The number of aromatic nitrogens is 1. The van der Waals surface area contributed by atoms with E-state index in [-0.39, 0.29) is 5.69 Å². The Morgan fingerprint density at radius 3 is 2.83 bits per heavy atom. The maximum absolute atomic E-state index is 8.57. The van der Waals surface area contributed by atoms with Crippen LogP contribution in [0.3, 0.4) is 0 Å². The van der Waals surface area contributed by atoms with Gasteiger partial charge < -0.3 is 4.74 Å². The Morgan fingerprint density at radius 1 is 1.67 bits per heavy atom. The molecule has 3 nitrogen and oxygen atoms in total. The zero-order valence-corrected chi connectivity index (χ0v) is 7.51. The molecule has 0 bridgehead atoms. The molecule has 12 heavy (non-hydrogen) atoms. The van der Waals surface area contributed by atoms with Gasteiger partial charge in [0.2, 0.25) is 0 Å². The lowest BCUT2D eigenvalue weighted by Gasteiger charge is -2.05. The van der Waals surface area contributed by atoms with Gasteiger partial charge in [-0.1, -0.05) is 11.6 Å². The van der Waals surface area contributed by atoms with Gasteiger partial charge >= 0.3 is 0 Å². The molecule has 0 unspecified atom stereocenters. The summed E-state index contributed by atoms with van der Waals surface area (Å²) in [7, 11) is 1.53. The number of ether oxygens (including phenoxy) is 1. The van der Waals surface area contributed by atoms with Crippen LogP contribution in [-0.4, -0.2) is 12.1 Å². The molecule has 4 heteroatoms. The summed E-state index contributed by atoms with van der Waals surface area (Å²) < 4.78 is 4.97. The second-order valence-corrected chi connectivity index (χ2v) is 2.60. The van der Waals surface area contributed by atoms with E-state index in [1.54, 1.807) is 6.92 Å². The Balaban J connectivity index is 3.32. The van der Waals surface area contributed by atoms with Gasteiger partial charge in [-0.25, -0.2) is 4.98 Å². The Bertz CT molecular complexity index is 344. The zero-order chi connectivity index (χ0) is 9.14. The fourth-order valence-corrected chi connectivity index (χ4v) is 1.03. The van der Waals surface area contributed by atoms with Crippen LogP contribution >= 0.6 is 11.6 Å². The first-order valence-electron chi connectivity index (χ1n) is 3.30. The first kappa shape index (κ1) is 8.82. The molecule has 0 amide bonds. The first-order valence-corrected chi connectivity index (χ1v) is 3.67. The second kappa shape index (κ2) is 3.42. The molecular weight excluding hydrogens is 176 g/mol. The third-order valence-electron chi connectivity index (χ3n) is 1.54. The first-order chi connectivity index (χ1) is 5.70. The van der Waals surface area contributed by atoms with Crippen LogP contribution < -0.4 is 4.74 Å². The van der Waals surface area contributed by atoms with Crippen LogP contribution in [0.1, 0.15) is 11.3 Å². The minimum atomic E-state index is 0.231. The van der Waals surface area contributed by atoms with Gasteiger partial charge in [-0.2, -0.15) is 5.26 Å². The summed E-state index contributed by atoms with van der Waals surface area (Å²) in [6.45, 7) is 1.78. The summed E-state index contributed by atoms with van der Waals surface area (Å²) in [5.41, 5.74) is 0.973. The van der Waals surface area contributed by atoms with Crippen molar-refractivity contribution in [2.75, 3.05) is 7.11 Å². The molecule has 0 aliphatic carbocycles. The van der Waals surface area contributed by atoms with E-state index in [1.807, 2.05) is 6.07 Å². The summed E-state index contributed by atoms with van der Waals surface area (Å²) in [5, 5.41) is 8.93. The van der Waals surface area contributed by atoms with Crippen LogP contribution in [0.2, 0.25) is 5.02 Å². The average molecular weight is 183 g/mol. The molecule has 0 saturated carbocycles. The third kappa shape index (κ3) is 1.34. The highest BCUT2D eigenvalue weighted by Gasteiger charge is 2.08. The molecule has 0 aliphatic rings. The van der Waals surface area contributed by atoms with Crippen molar-refractivity contribution in [1.82, 2.24) is 4.98 Å². The number of hydrogen-bond acceptors (Lipinski definition) is 3. The minimum absolute atomic E-state index is 0.231. The van der Waals surface area contributed by atoms with E-state index in [0.717, 1.165) is 5.56 Å². The standard InChI is InChI=1S/C8H7ClN2O/c1-5-7(12-2)4-11-6(3-10)8(5)9/h4H,1-2H3. The SMILES string of the molecule is COc1cnc(C#N)c(Cl)c1C. The van der Waals surface area contributed by atoms with E-state index in [4.69, 9.17) is 21.6 Å². The molecule has 0 aliphatic heterocycles. The summed E-state index contributed by atoms with van der Waals surface area (Å²) in [6.07, 6.45) is 1.49. The fraction of sp³-hybridized carbons (Fsp3) is 0.250. The molecule has 0 fully saturated rings. The number of nitriles is 1. The van der Waals surface area contributed by atoms with Crippen molar-refractivity contribution in [1.29, 1.82) is 5.26 Å². The van der Waals surface area contributed by atoms with Crippen molar-refractivity contribution in [3.63, 3.8) is 0 Å². The summed E-state index contributed by atoms with van der Waals surface area (Å²) in [5.74, 6) is 0.596. The van der Waals surface area contributed by atoms with Crippen LogP contribution in [-0.2, 0) is 0 Å². The minimum Gasteiger partial charge on any atom is -0.495 e. The lowest BCUT2D eigenvalue weighted by Crippen LogP contribution is -1.93. The number of halogens is 1. The monoisotopic (exact) mass is 182 g/mol. The van der Waals surface area contributed by atoms with Gasteiger partial charge in [0.1, 0.15) is 11.8 Å². The van der Waals surface area contributed by atoms with Crippen molar-refractivity contribution < 1.29 is 4.74 Å². The zero-order valence-electron chi connectivity index (χ0n) is 6.76. The van der Waals surface area contributed by atoms with Crippen molar-refractivity contribution in [2.45, 2.75) is 6.92 Å². The lowest BCUT2D eigenvalue weighted by molar-refractivity contribution is 0.409. The highest BCUT2D eigenvalue weighted by atomic mass is 35.5. The van der Waals surface area contributed by atoms with Crippen molar-refractivity contribution in [3.05, 3.63) is 22.5 Å². The number of rotatable bonds is 1. The Hall–Kier alpha value is -1.27. The van der Waals surface area contributed by atoms with Crippen molar-refractivity contribution in [3.8, 4) is 11.8 Å². The Kier molecular flexibility index (Phi) is 2.51. The predicted octanol–water partition coefficient (Wildman–Crippen LogP) is 1.92. The summed E-state index contributed by atoms with van der Waals surface area (Å²) in [6, 6.07) is 1.89. The summed E-state index contributed by atoms with van der Waals surface area (Å²) >= 11 is 5.81. The van der Waals surface area contributed by atoms with Crippen molar-refractivity contribution >= 4 is 11.6 Å². The molecule has 1 aromatic heterocycles. The van der Waals surface area contributed by atoms with E-state index in [2.05, 4.69) is 4.98 Å². The smallest absolute Gasteiger partial charge is 0.159 e. The molecule has 0 N–H and O–H groups in total. The molecule has 1 rings (SSSR count). The second-order valence-electron chi connectivity index (χ2n) is 2.23. The fourth-order valence-electron chi connectivity index (χ4n) is 0.846. The maximum Gasteiger partial charge on any atom is 0.159 e. The van der Waals surface area contributed by atoms with E-state index in [1.165, 1.54) is 13.3 Å². The van der Waals surface area contributed by atoms with Gasteiger partial charge in [0.15, 0.2) is 5.69 Å². The van der Waals surface area contributed by atoms with Gasteiger partial charge in [-0.05, 0) is 6.92 Å². The predicted molar refractivity (Wildman–Crippen MR) is 45.3 cm³/mol. The lowest BCUT2D eigenvalue weighted by atomic mass is 10.2. The molecule has 1 aromatic rings. The van der Waals surface area contributed by atoms with Crippen LogP contribution in [0.5, 0.6) is 5.75 Å². The highest BCUT2D eigenvalue weighted by molar-refractivity contribution is 6.32. The molecule has 0 aromatic carbocycles. The largest absolute Gasteiger partial charge is 0.495 e. The van der Waals surface area contributed by atoms with Crippen LogP contribution in [0.25, 0.3) is 0 Å². The quantitative estimate of drug-likeness (QED) is 0.667. The molecule has 0 atom stereocenters. The van der Waals surface area contributed by atoms with Crippen LogP contribution in [0.15, 0.2) is 6.20 Å². The molecule has 1 heterocycles. The number of pyridine rings is 1. The topological polar surface area (TPSA) is 45.9 Å². The van der Waals surface area contributed by atoms with Gasteiger partial charge in [-0.15, -0.1) is 0 Å².